The molecule has 0 radical (unpaired) electrons. The van der Waals surface area contributed by atoms with Crippen molar-refractivity contribution in [3.63, 3.8) is 0 Å². The van der Waals surface area contributed by atoms with Crippen LogP contribution in [0.2, 0.25) is 0 Å². The number of benzene rings is 2. The Balaban J connectivity index is 1.96. The maximum absolute atomic E-state index is 12.4. The summed E-state index contributed by atoms with van der Waals surface area (Å²) in [7, 11) is 4.82. The predicted octanol–water partition coefficient (Wildman–Crippen LogP) is 3.24. The van der Waals surface area contributed by atoms with E-state index in [1.165, 1.54) is 0 Å². The first-order chi connectivity index (χ1) is 12.1. The van der Waals surface area contributed by atoms with E-state index in [0.717, 1.165) is 15.6 Å². The molecule has 2 rings (SSSR count). The zero-order chi connectivity index (χ0) is 18.2. The molecule has 0 saturated heterocycles. The Morgan fingerprint density at radius 3 is 2.36 bits per heavy atom. The summed E-state index contributed by atoms with van der Waals surface area (Å²) in [6, 6.07) is 13.2. The van der Waals surface area contributed by atoms with Crippen LogP contribution in [0.1, 0.15) is 11.1 Å². The molecule has 1 N–H and O–H groups in total. The van der Waals surface area contributed by atoms with E-state index in [1.807, 2.05) is 42.5 Å². The monoisotopic (exact) mass is 404 g/mol. The summed E-state index contributed by atoms with van der Waals surface area (Å²) in [6.07, 6.45) is 0.684. The number of nitrogens with zero attached hydrogens (tertiary/aromatic N) is 1. The molecule has 1 amide bonds. The van der Waals surface area contributed by atoms with Crippen LogP contribution in [0, 0.1) is 0 Å². The van der Waals surface area contributed by atoms with E-state index in [0.29, 0.717) is 30.2 Å². The van der Waals surface area contributed by atoms with Crippen molar-refractivity contribution < 1.29 is 14.3 Å². The third-order valence-corrected chi connectivity index (χ3v) is 4.23. The number of carbonyl (C=O) groups is 1. The van der Waals surface area contributed by atoms with E-state index in [4.69, 9.17) is 9.47 Å². The smallest absolute Gasteiger partial charge is 0.270 e. The van der Waals surface area contributed by atoms with Gasteiger partial charge in [-0.2, -0.15) is 0 Å². The van der Waals surface area contributed by atoms with Crippen molar-refractivity contribution in [2.75, 3.05) is 27.8 Å². The number of hydrogen-bond acceptors (Lipinski definition) is 4. The second-order valence-electron chi connectivity index (χ2n) is 5.27. The second-order valence-corrected chi connectivity index (χ2v) is 6.19. The lowest BCUT2D eigenvalue weighted by molar-refractivity contribution is -0.114. The van der Waals surface area contributed by atoms with Crippen LogP contribution < -0.4 is 14.8 Å². The van der Waals surface area contributed by atoms with E-state index in [2.05, 4.69) is 26.2 Å². The van der Waals surface area contributed by atoms with E-state index >= 15 is 0 Å². The van der Waals surface area contributed by atoms with Crippen molar-refractivity contribution in [3.8, 4) is 11.5 Å². The fraction of sp³-hybridized carbons (Fsp3) is 0.263. The third kappa shape index (κ3) is 5.06. The molecule has 0 aliphatic heterocycles. The molecule has 0 aliphatic carbocycles. The normalized spacial score (nSPS) is 11.1. The number of ether oxygens (including phenoxy) is 2. The Morgan fingerprint density at radius 2 is 1.76 bits per heavy atom. The van der Waals surface area contributed by atoms with Gasteiger partial charge in [0.1, 0.15) is 5.71 Å². The molecular weight excluding hydrogens is 384 g/mol. The summed E-state index contributed by atoms with van der Waals surface area (Å²) in [5, 5.41) is 2.91. The van der Waals surface area contributed by atoms with E-state index in [1.54, 1.807) is 21.3 Å². The fourth-order valence-electron chi connectivity index (χ4n) is 2.41. The minimum absolute atomic E-state index is 0.190. The molecule has 0 saturated carbocycles. The molecule has 0 unspecified atom stereocenters. The van der Waals surface area contributed by atoms with Crippen molar-refractivity contribution in [1.29, 1.82) is 0 Å². The minimum atomic E-state index is -0.190. The fourth-order valence-corrected chi connectivity index (χ4v) is 2.67. The Morgan fingerprint density at radius 1 is 1.08 bits per heavy atom. The molecule has 6 heteroatoms. The van der Waals surface area contributed by atoms with E-state index in [9.17, 15) is 4.79 Å². The number of methoxy groups -OCH3 is 2. The molecular formula is C19H21BrN2O3. The molecule has 0 heterocycles. The first kappa shape index (κ1) is 19.0. The van der Waals surface area contributed by atoms with E-state index < -0.39 is 0 Å². The molecule has 0 atom stereocenters. The summed E-state index contributed by atoms with van der Waals surface area (Å²) < 4.78 is 11.5. The minimum Gasteiger partial charge on any atom is -0.493 e. The molecule has 132 valence electrons. The summed E-state index contributed by atoms with van der Waals surface area (Å²) in [6.45, 7) is 0.504. The number of rotatable bonds is 7. The summed E-state index contributed by atoms with van der Waals surface area (Å²) in [4.78, 5) is 16.5. The molecule has 5 nitrogen and oxygen atoms in total. The quantitative estimate of drug-likeness (QED) is 0.720. The molecule has 0 aromatic heterocycles. The van der Waals surface area contributed by atoms with Crippen LogP contribution in [0.4, 0.5) is 0 Å². The largest absolute Gasteiger partial charge is 0.493 e. The molecule has 0 aliphatic rings. The van der Waals surface area contributed by atoms with Gasteiger partial charge in [-0.3, -0.25) is 9.79 Å². The van der Waals surface area contributed by atoms with Crippen LogP contribution in [0.25, 0.3) is 0 Å². The van der Waals surface area contributed by atoms with Gasteiger partial charge in [0.25, 0.3) is 5.91 Å². The van der Waals surface area contributed by atoms with Crippen LogP contribution in [0.5, 0.6) is 11.5 Å². The Hall–Kier alpha value is -2.34. The maximum atomic E-state index is 12.4. The van der Waals surface area contributed by atoms with Gasteiger partial charge in [0.2, 0.25) is 0 Å². The number of hydrogen-bond donors (Lipinski definition) is 1. The van der Waals surface area contributed by atoms with Gasteiger partial charge in [0.05, 0.1) is 14.2 Å². The number of aliphatic imine (C=N–C) groups is 1. The number of amides is 1. The highest BCUT2D eigenvalue weighted by Gasteiger charge is 2.13. The lowest BCUT2D eigenvalue weighted by Gasteiger charge is -2.11. The van der Waals surface area contributed by atoms with Crippen molar-refractivity contribution in [2.24, 2.45) is 4.99 Å². The van der Waals surface area contributed by atoms with Crippen LogP contribution in [0.3, 0.4) is 0 Å². The predicted molar refractivity (Wildman–Crippen MR) is 103 cm³/mol. The molecule has 25 heavy (non-hydrogen) atoms. The summed E-state index contributed by atoms with van der Waals surface area (Å²) in [5.74, 6) is 1.17. The molecule has 0 fully saturated rings. The van der Waals surface area contributed by atoms with Crippen LogP contribution in [-0.2, 0) is 11.2 Å². The molecule has 0 spiro atoms. The summed E-state index contributed by atoms with van der Waals surface area (Å²) >= 11 is 3.38. The van der Waals surface area contributed by atoms with Gasteiger partial charge in [-0.1, -0.05) is 34.1 Å². The maximum Gasteiger partial charge on any atom is 0.270 e. The highest BCUT2D eigenvalue weighted by Crippen LogP contribution is 2.27. The first-order valence-corrected chi connectivity index (χ1v) is 8.60. The van der Waals surface area contributed by atoms with Crippen molar-refractivity contribution >= 4 is 27.5 Å². The molecule has 0 bridgehead atoms. The van der Waals surface area contributed by atoms with Crippen molar-refractivity contribution in [1.82, 2.24) is 5.32 Å². The topological polar surface area (TPSA) is 59.9 Å². The van der Waals surface area contributed by atoms with Crippen LogP contribution in [0.15, 0.2) is 51.9 Å². The number of nitrogens with one attached hydrogen (secondary N) is 1. The second kappa shape index (κ2) is 9.22. The molecule has 2 aromatic carbocycles. The van der Waals surface area contributed by atoms with Crippen molar-refractivity contribution in [2.45, 2.75) is 6.42 Å². The van der Waals surface area contributed by atoms with Gasteiger partial charge in [-0.05, 0) is 36.2 Å². The zero-order valence-corrected chi connectivity index (χ0v) is 16.1. The summed E-state index contributed by atoms with van der Waals surface area (Å²) in [5.41, 5.74) is 2.26. The van der Waals surface area contributed by atoms with Gasteiger partial charge >= 0.3 is 0 Å². The highest BCUT2D eigenvalue weighted by molar-refractivity contribution is 9.10. The number of halogens is 1. The van der Waals surface area contributed by atoms with Gasteiger partial charge in [-0.25, -0.2) is 0 Å². The standard InChI is InChI=1S/C19H21BrN2O3/c1-21-18(14-5-7-15(20)8-6-14)19(23)22-11-10-13-4-9-16(24-2)17(12-13)25-3/h4-9,12H,10-11H2,1-3H3,(H,22,23)/b21-18-. The third-order valence-electron chi connectivity index (χ3n) is 3.70. The Labute approximate surface area is 156 Å². The highest BCUT2D eigenvalue weighted by atomic mass is 79.9. The lowest BCUT2D eigenvalue weighted by atomic mass is 10.1. The van der Waals surface area contributed by atoms with Gasteiger partial charge in [0, 0.05) is 23.6 Å². The lowest BCUT2D eigenvalue weighted by Crippen LogP contribution is -2.33. The van der Waals surface area contributed by atoms with Gasteiger partial charge < -0.3 is 14.8 Å². The molecule has 2 aromatic rings. The zero-order valence-electron chi connectivity index (χ0n) is 14.5. The van der Waals surface area contributed by atoms with Crippen LogP contribution in [-0.4, -0.2) is 39.4 Å². The Kier molecular flexibility index (Phi) is 7.01. The first-order valence-electron chi connectivity index (χ1n) is 7.81. The SMILES string of the molecule is C/N=C(\C(=O)NCCc1ccc(OC)c(OC)c1)c1ccc(Br)cc1. The average Bonchev–Trinajstić information content (AvgIpc) is 2.63. The van der Waals surface area contributed by atoms with Gasteiger partial charge in [0.15, 0.2) is 11.5 Å². The number of carbonyl (C=O) groups excluding carboxylic acids is 1. The van der Waals surface area contributed by atoms with Crippen LogP contribution >= 0.6 is 15.9 Å². The van der Waals surface area contributed by atoms with E-state index in [-0.39, 0.29) is 5.91 Å². The van der Waals surface area contributed by atoms with Gasteiger partial charge in [-0.15, -0.1) is 0 Å². The Bertz CT molecular complexity index is 758. The van der Waals surface area contributed by atoms with Crippen molar-refractivity contribution in [3.05, 3.63) is 58.1 Å². The average molecular weight is 405 g/mol.